The van der Waals surface area contributed by atoms with Crippen LogP contribution < -0.4 is 15.0 Å². The van der Waals surface area contributed by atoms with Crippen LogP contribution in [0.3, 0.4) is 0 Å². The molecule has 1 saturated heterocycles. The van der Waals surface area contributed by atoms with E-state index in [2.05, 4.69) is 15.0 Å². The van der Waals surface area contributed by atoms with Crippen LogP contribution in [-0.4, -0.2) is 104 Å². The summed E-state index contributed by atoms with van der Waals surface area (Å²) in [6.45, 7) is 9.31. The second-order valence-electron chi connectivity index (χ2n) is 11.7. The zero-order valence-corrected chi connectivity index (χ0v) is 28.7. The van der Waals surface area contributed by atoms with E-state index in [-0.39, 0.29) is 22.9 Å². The Morgan fingerprint density at radius 1 is 1.07 bits per heavy atom. The Morgan fingerprint density at radius 2 is 1.74 bits per heavy atom. The number of hydrogen-bond acceptors (Lipinski definition) is 9. The van der Waals surface area contributed by atoms with Gasteiger partial charge < -0.3 is 0 Å². The number of rotatable bonds is 15. The van der Waals surface area contributed by atoms with Gasteiger partial charge in [0.15, 0.2) is 0 Å². The molecule has 4 atom stereocenters. The molecule has 3 N–H and O–H groups in total. The van der Waals surface area contributed by atoms with Gasteiger partial charge in [-0.25, -0.2) is 0 Å². The predicted octanol–water partition coefficient (Wildman–Crippen LogP) is 2.28. The zero-order valence-electron chi connectivity index (χ0n) is 26.1. The van der Waals surface area contributed by atoms with Gasteiger partial charge in [0, 0.05) is 0 Å². The molecule has 0 aliphatic carbocycles. The summed E-state index contributed by atoms with van der Waals surface area (Å²) in [7, 11) is 1.31. The Bertz CT molecular complexity index is 1100. The van der Waals surface area contributed by atoms with Crippen LogP contribution >= 0.6 is 11.8 Å². The average Bonchev–Trinajstić information content (AvgIpc) is 3.44. The SMILES string of the molecule is COC(=O)[C@@H]1CCCN1C(=O)[C@H](CCSC)N[Se]C(=O)[C@@H](NC(=O)[C@H](Cc1ccccc1)NC(=O)OC(C)(C)C)C(C)C. The molecule has 13 heteroatoms. The number of methoxy groups -OCH3 is 1. The summed E-state index contributed by atoms with van der Waals surface area (Å²) in [5.74, 6) is -0.742. The summed E-state index contributed by atoms with van der Waals surface area (Å²) in [4.78, 5) is 66.8. The van der Waals surface area contributed by atoms with Crippen molar-refractivity contribution < 1.29 is 33.4 Å². The number of hydrogen-bond donors (Lipinski definition) is 3. The molecule has 0 radical (unpaired) electrons. The molecule has 240 valence electrons. The van der Waals surface area contributed by atoms with Crippen LogP contribution in [-0.2, 0) is 35.1 Å². The first-order chi connectivity index (χ1) is 20.3. The van der Waals surface area contributed by atoms with Gasteiger partial charge in [0.25, 0.3) is 0 Å². The van der Waals surface area contributed by atoms with Crippen LogP contribution in [0, 0.1) is 5.92 Å². The van der Waals surface area contributed by atoms with Gasteiger partial charge in [0.1, 0.15) is 0 Å². The molecule has 3 amide bonds. The monoisotopic (exact) mass is 686 g/mol. The molecule has 0 unspecified atom stereocenters. The van der Waals surface area contributed by atoms with Gasteiger partial charge in [-0.3, -0.25) is 0 Å². The van der Waals surface area contributed by atoms with Crippen molar-refractivity contribution >= 4 is 55.5 Å². The van der Waals surface area contributed by atoms with Crippen molar-refractivity contribution in [1.82, 2.24) is 19.9 Å². The van der Waals surface area contributed by atoms with Crippen LogP contribution in [0.25, 0.3) is 0 Å². The third-order valence-corrected chi connectivity index (χ3v) is 9.17. The fourth-order valence-electron chi connectivity index (χ4n) is 4.53. The third kappa shape index (κ3) is 12.1. The maximum absolute atomic E-state index is 13.5. The minimum absolute atomic E-state index is 0.205. The Labute approximate surface area is 265 Å². The second-order valence-corrected chi connectivity index (χ2v) is 14.5. The first kappa shape index (κ1) is 36.6. The number of nitrogens with zero attached hydrogens (tertiary/aromatic N) is 1. The number of ether oxygens (including phenoxy) is 2. The average molecular weight is 686 g/mol. The van der Waals surface area contributed by atoms with Gasteiger partial charge in [0.05, 0.1) is 0 Å². The van der Waals surface area contributed by atoms with Crippen molar-refractivity contribution in [2.24, 2.45) is 5.92 Å². The van der Waals surface area contributed by atoms with Crippen LogP contribution in [0.2, 0.25) is 0 Å². The number of esters is 1. The molecule has 0 saturated carbocycles. The molecule has 0 spiro atoms. The fourth-order valence-corrected chi connectivity index (χ4v) is 6.97. The Morgan fingerprint density at radius 3 is 2.33 bits per heavy atom. The Hall–Kier alpha value is -2.60. The number of amides is 3. The van der Waals surface area contributed by atoms with E-state index < -0.39 is 62.9 Å². The number of carbonyl (C=O) groups excluding carboxylic acids is 5. The molecule has 1 aliphatic rings. The normalized spacial score (nSPS) is 17.1. The molecule has 1 fully saturated rings. The van der Waals surface area contributed by atoms with E-state index in [4.69, 9.17) is 9.47 Å². The van der Waals surface area contributed by atoms with Gasteiger partial charge >= 0.3 is 266 Å². The van der Waals surface area contributed by atoms with Gasteiger partial charge in [-0.05, 0) is 0 Å². The van der Waals surface area contributed by atoms with Gasteiger partial charge in [-0.15, -0.1) is 0 Å². The summed E-state index contributed by atoms with van der Waals surface area (Å²) in [6.07, 6.45) is 3.14. The predicted molar refractivity (Wildman–Crippen MR) is 168 cm³/mol. The van der Waals surface area contributed by atoms with E-state index in [1.54, 1.807) is 37.4 Å². The van der Waals surface area contributed by atoms with E-state index >= 15 is 0 Å². The van der Waals surface area contributed by atoms with Crippen molar-refractivity contribution in [3.63, 3.8) is 0 Å². The van der Waals surface area contributed by atoms with Crippen molar-refractivity contribution in [2.75, 3.05) is 25.7 Å². The molecule has 0 aromatic heterocycles. The molecule has 0 bridgehead atoms. The van der Waals surface area contributed by atoms with Crippen LogP contribution in [0.15, 0.2) is 30.3 Å². The minimum atomic E-state index is -0.979. The van der Waals surface area contributed by atoms with Gasteiger partial charge in [-0.1, -0.05) is 0 Å². The van der Waals surface area contributed by atoms with Gasteiger partial charge in [-0.2, -0.15) is 0 Å². The molecule has 2 rings (SSSR count). The standard InChI is InChI=1S/C30H46N4O7SSe/c1-19(2)24(32-25(35)22(18-20-12-9-8-10-13-20)31-29(39)41-30(3,4)5)28(38)43-33-21(15-17-42-7)26(36)34-16-11-14-23(34)27(37)40-6/h8-10,12-13,19,21-24,33H,11,14-18H2,1-7H3,(H,31,39)(H,32,35)/t21-,22-,23-,24-/m0/s1. The summed E-state index contributed by atoms with van der Waals surface area (Å²) >= 11 is 0.733. The Balaban J connectivity index is 2.15. The molecular formula is C30H46N4O7SSe. The summed E-state index contributed by atoms with van der Waals surface area (Å²) in [5.41, 5.74) is 0.0814. The third-order valence-electron chi connectivity index (χ3n) is 6.73. The van der Waals surface area contributed by atoms with E-state index in [0.29, 0.717) is 31.6 Å². The first-order valence-corrected chi connectivity index (χ1v) is 17.5. The topological polar surface area (TPSA) is 143 Å². The summed E-state index contributed by atoms with van der Waals surface area (Å²) in [6, 6.07) is 6.16. The molecule has 1 aromatic carbocycles. The van der Waals surface area contributed by atoms with Gasteiger partial charge in [0.2, 0.25) is 0 Å². The summed E-state index contributed by atoms with van der Waals surface area (Å²) < 4.78 is 13.2. The van der Waals surface area contributed by atoms with Crippen molar-refractivity contribution in [2.45, 2.75) is 90.1 Å². The second kappa shape index (κ2) is 17.6. The number of alkyl carbamates (subject to hydrolysis) is 1. The molecule has 43 heavy (non-hydrogen) atoms. The Kier molecular flexibility index (Phi) is 15.0. The quantitative estimate of drug-likeness (QED) is 0.187. The number of likely N-dealkylation sites (tertiary alicyclic amines) is 1. The van der Waals surface area contributed by atoms with E-state index in [0.717, 1.165) is 5.56 Å². The number of nitrogens with one attached hydrogen (secondary N) is 3. The van der Waals surface area contributed by atoms with E-state index in [9.17, 15) is 24.0 Å². The van der Waals surface area contributed by atoms with E-state index in [1.165, 1.54) is 7.11 Å². The van der Waals surface area contributed by atoms with Crippen LogP contribution in [0.4, 0.5) is 4.79 Å². The van der Waals surface area contributed by atoms with Crippen molar-refractivity contribution in [1.29, 1.82) is 0 Å². The number of thioether (sulfide) groups is 1. The van der Waals surface area contributed by atoms with Crippen LogP contribution in [0.1, 0.15) is 59.4 Å². The summed E-state index contributed by atoms with van der Waals surface area (Å²) in [5, 5.41) is 5.50. The molecule has 1 heterocycles. The fraction of sp³-hybridized carbons (Fsp3) is 0.633. The maximum atomic E-state index is 13.5. The molecule has 1 aromatic rings. The molecule has 1 aliphatic heterocycles. The zero-order chi connectivity index (χ0) is 32.2. The molecule has 11 nitrogen and oxygen atoms in total. The first-order valence-electron chi connectivity index (χ1n) is 14.4. The van der Waals surface area contributed by atoms with Crippen molar-refractivity contribution in [3.05, 3.63) is 35.9 Å². The molecular weight excluding hydrogens is 639 g/mol. The number of carbonyl (C=O) groups is 5. The number of benzene rings is 1. The van der Waals surface area contributed by atoms with E-state index in [1.807, 2.05) is 50.4 Å². The van der Waals surface area contributed by atoms with Crippen LogP contribution in [0.5, 0.6) is 0 Å². The van der Waals surface area contributed by atoms with Crippen molar-refractivity contribution in [3.8, 4) is 0 Å².